The highest BCUT2D eigenvalue weighted by Gasteiger charge is 2.55. The van der Waals surface area contributed by atoms with E-state index >= 15 is 0 Å². The quantitative estimate of drug-likeness (QED) is 0.126. The number of rotatable bonds is 11. The van der Waals surface area contributed by atoms with Crippen molar-refractivity contribution in [1.82, 2.24) is 24.9 Å². The zero-order valence-electron chi connectivity index (χ0n) is 78.2. The van der Waals surface area contributed by atoms with E-state index in [4.69, 9.17) is 34.1 Å². The van der Waals surface area contributed by atoms with E-state index in [-0.39, 0.29) is 0 Å². The van der Waals surface area contributed by atoms with Crippen LogP contribution in [0.5, 0.6) is 34.5 Å². The molecule has 0 N–H and O–H groups in total. The molecule has 144 heavy (non-hydrogen) atoms. The van der Waals surface area contributed by atoms with Gasteiger partial charge in [0, 0.05) is 84.1 Å². The van der Waals surface area contributed by atoms with Crippen LogP contribution in [0.1, 0.15) is 66.8 Å². The van der Waals surface area contributed by atoms with Crippen LogP contribution in [0.4, 0.5) is 0 Å². The van der Waals surface area contributed by atoms with E-state index < -0.39 is 16.2 Å². The zero-order chi connectivity index (χ0) is 95.2. The van der Waals surface area contributed by atoms with Crippen LogP contribution < -0.4 is 14.2 Å². The molecule has 8 nitrogen and oxygen atoms in total. The summed E-state index contributed by atoms with van der Waals surface area (Å²) in [6.07, 6.45) is 1.82. The molecule has 0 saturated heterocycles. The second kappa shape index (κ2) is 34.9. The molecule has 0 bridgehead atoms. The summed E-state index contributed by atoms with van der Waals surface area (Å²) in [6, 6.07) is 184. The summed E-state index contributed by atoms with van der Waals surface area (Å²) in [6.45, 7) is 0. The molecule has 4 aromatic heterocycles. The lowest BCUT2D eigenvalue weighted by molar-refractivity contribution is 0.436. The summed E-state index contributed by atoms with van der Waals surface area (Å²) in [5, 5.41) is 0. The van der Waals surface area contributed by atoms with Crippen LogP contribution in [0.15, 0.2) is 528 Å². The lowest BCUT2D eigenvalue weighted by atomic mass is 9.65. The van der Waals surface area contributed by atoms with Gasteiger partial charge in [-0.3, -0.25) is 4.98 Å². The maximum atomic E-state index is 6.97. The van der Waals surface area contributed by atoms with Gasteiger partial charge >= 0.3 is 0 Å². The minimum absolute atomic E-state index is 0.507. The van der Waals surface area contributed by atoms with Gasteiger partial charge in [0.05, 0.1) is 56.1 Å². The Kier molecular flexibility index (Phi) is 20.5. The highest BCUT2D eigenvalue weighted by molar-refractivity contribution is 5.95. The molecule has 3 spiro atoms. The topological polar surface area (TPSA) is 92.1 Å². The normalized spacial score (nSPS) is 13.2. The molecule has 0 atom stereocenters. The van der Waals surface area contributed by atoms with Gasteiger partial charge < -0.3 is 14.2 Å². The smallest absolute Gasteiger partial charge is 0.160 e. The highest BCUT2D eigenvalue weighted by atomic mass is 16.5. The van der Waals surface area contributed by atoms with Crippen LogP contribution in [0.2, 0.25) is 0 Å². The van der Waals surface area contributed by atoms with Crippen molar-refractivity contribution in [2.75, 3.05) is 0 Å². The first-order valence-electron chi connectivity index (χ1n) is 49.0. The van der Waals surface area contributed by atoms with Crippen molar-refractivity contribution < 1.29 is 14.2 Å². The van der Waals surface area contributed by atoms with Gasteiger partial charge in [-0.05, 0) is 203 Å². The number of ether oxygens (including phenoxy) is 3. The van der Waals surface area contributed by atoms with Crippen molar-refractivity contribution in [3.63, 3.8) is 0 Å². The van der Waals surface area contributed by atoms with Crippen molar-refractivity contribution in [3.8, 4) is 191 Å². The van der Waals surface area contributed by atoms with Crippen molar-refractivity contribution in [3.05, 3.63) is 595 Å². The van der Waals surface area contributed by atoms with Gasteiger partial charge in [0.25, 0.3) is 0 Å². The average Bonchev–Trinajstić information content (AvgIpc) is 1.52. The molecule has 3 aliphatic heterocycles. The minimum atomic E-state index is -0.549. The molecule has 29 rings (SSSR count). The summed E-state index contributed by atoms with van der Waals surface area (Å²) in [5.41, 5.74) is 42.0. The molecule has 7 heterocycles. The monoisotopic (exact) mass is 1840 g/mol. The standard InChI is InChI=1S/C48H31NO.C46H29N3O.C42H27NO/c1-3-13-32(14-4-1)33-23-25-34(26-24-33)37-30-44(35-15-5-2-6-16-35)49-45(31-37)36-27-28-47-43(29-36)48(42-21-11-12-22-46(42)50-47)40-19-9-7-17-38(40)39-18-8-10-20-41(39)48;1-2-13-32(14-3-1)45-48-41(31-26-24-30(25-27-31)40-22-10-11-28-47-40)29-42(49-45)35-17-12-21-39-44(35)50-43-23-9-8-20-38(43)46(39)36-18-6-4-15-33(36)34-16-5-7-19-37(34)46;1-3-13-28(14-4-1)31-26-38(29-15-5-2-6-16-29)43-39(27-31)30-23-24-41-37(25-30)42(36-21-11-12-22-40(36)44-41)34-19-9-7-17-32(34)33-18-8-10-20-35(33)42/h1-31H;1-29H;1-27H. The van der Waals surface area contributed by atoms with Crippen molar-refractivity contribution in [2.24, 2.45) is 0 Å². The number of aromatic nitrogens is 5. The van der Waals surface area contributed by atoms with Gasteiger partial charge in [0.2, 0.25) is 0 Å². The number of pyridine rings is 3. The van der Waals surface area contributed by atoms with Gasteiger partial charge in [0.1, 0.15) is 34.5 Å². The third kappa shape index (κ3) is 13.8. The second-order valence-corrected chi connectivity index (χ2v) is 37.3. The molecule has 0 saturated carbocycles. The fourth-order valence-electron chi connectivity index (χ4n) is 23.2. The highest BCUT2D eigenvalue weighted by Crippen LogP contribution is 2.67. The number of hydrogen-bond donors (Lipinski definition) is 0. The third-order valence-corrected chi connectivity index (χ3v) is 29.6. The Morgan fingerprint density at radius 2 is 0.403 bits per heavy atom. The predicted molar refractivity (Wildman–Crippen MR) is 580 cm³/mol. The lowest BCUT2D eigenvalue weighted by Crippen LogP contribution is -2.32. The van der Waals surface area contributed by atoms with Crippen LogP contribution in [-0.4, -0.2) is 24.9 Å². The molecule has 0 fully saturated rings. The summed E-state index contributed by atoms with van der Waals surface area (Å²) >= 11 is 0. The average molecular weight is 1840 g/mol. The summed E-state index contributed by atoms with van der Waals surface area (Å²) in [4.78, 5) is 25.5. The maximum Gasteiger partial charge on any atom is 0.160 e. The number of fused-ring (bicyclic) bond motifs is 27. The molecule has 0 radical (unpaired) electrons. The van der Waals surface area contributed by atoms with E-state index in [2.05, 4.69) is 484 Å². The lowest BCUT2D eigenvalue weighted by Gasteiger charge is -2.40. The molecule has 0 unspecified atom stereocenters. The van der Waals surface area contributed by atoms with E-state index in [1.54, 1.807) is 0 Å². The third-order valence-electron chi connectivity index (χ3n) is 29.6. The van der Waals surface area contributed by atoms with E-state index in [1.807, 2.05) is 48.7 Å². The molecular formula is C136H87N5O3. The number of nitrogens with zero attached hydrogens (tertiary/aromatic N) is 5. The van der Waals surface area contributed by atoms with Gasteiger partial charge in [-0.25, -0.2) is 19.9 Å². The van der Waals surface area contributed by atoms with Crippen molar-refractivity contribution in [2.45, 2.75) is 16.2 Å². The van der Waals surface area contributed by atoms with E-state index in [9.17, 15) is 0 Å². The Hall–Kier alpha value is -18.9. The van der Waals surface area contributed by atoms with Crippen LogP contribution in [-0.2, 0) is 16.2 Å². The van der Waals surface area contributed by atoms with Crippen LogP contribution >= 0.6 is 0 Å². The number of benzene rings is 19. The molecule has 23 aromatic rings. The van der Waals surface area contributed by atoms with Gasteiger partial charge in [-0.1, -0.05) is 419 Å². The predicted octanol–water partition coefficient (Wildman–Crippen LogP) is 33.8. The first-order chi connectivity index (χ1) is 71.4. The first kappa shape index (κ1) is 84.4. The molecule has 8 heteroatoms. The van der Waals surface area contributed by atoms with Gasteiger partial charge in [-0.15, -0.1) is 0 Å². The van der Waals surface area contributed by atoms with Gasteiger partial charge in [0.15, 0.2) is 5.82 Å². The summed E-state index contributed by atoms with van der Waals surface area (Å²) in [7, 11) is 0. The minimum Gasteiger partial charge on any atom is -0.457 e. The van der Waals surface area contributed by atoms with Gasteiger partial charge in [-0.2, -0.15) is 0 Å². The molecule has 674 valence electrons. The van der Waals surface area contributed by atoms with E-state index in [0.29, 0.717) is 5.82 Å². The van der Waals surface area contributed by atoms with Crippen LogP contribution in [0.3, 0.4) is 0 Å². The van der Waals surface area contributed by atoms with Crippen LogP contribution in [0, 0.1) is 0 Å². The molecule has 0 amide bonds. The van der Waals surface area contributed by atoms with Crippen molar-refractivity contribution in [1.29, 1.82) is 0 Å². The van der Waals surface area contributed by atoms with Crippen molar-refractivity contribution >= 4 is 0 Å². The van der Waals surface area contributed by atoms with E-state index in [0.717, 1.165) is 169 Å². The molecular weight excluding hydrogens is 1750 g/mol. The second-order valence-electron chi connectivity index (χ2n) is 37.3. The number of hydrogen-bond acceptors (Lipinski definition) is 8. The van der Waals surface area contributed by atoms with Crippen LogP contribution in [0.25, 0.3) is 157 Å². The Balaban J connectivity index is 0.000000108. The largest absolute Gasteiger partial charge is 0.457 e. The van der Waals surface area contributed by atoms with E-state index in [1.165, 1.54) is 83.5 Å². The Bertz CT molecular complexity index is 8660. The Morgan fingerprint density at radius 3 is 0.806 bits per heavy atom. The maximum absolute atomic E-state index is 6.97. The molecule has 19 aromatic carbocycles. The summed E-state index contributed by atoms with van der Waals surface area (Å²) in [5.74, 6) is 5.86. The zero-order valence-corrected chi connectivity index (χ0v) is 78.2. The molecule has 3 aliphatic carbocycles. The fourth-order valence-corrected chi connectivity index (χ4v) is 23.2. The SMILES string of the molecule is c1ccc(-c2cc(-c3ccccc3)nc(-c3ccc4c(c3)C3(c5ccccc5O4)c4ccccc4-c4ccccc43)c2)cc1.c1ccc(-c2ccc(-c3cc(-c4ccccc4)nc(-c4ccc5c(c4)C4(c6ccccc6O5)c5ccccc5-c5ccccc54)c3)cc2)cc1.c1ccc(-c2nc(-c3ccc(-c4ccccn4)cc3)cc(-c3cccc4c3Oc3ccccc3C43c4ccccc4-c4ccccc43)n2)cc1. The number of para-hydroxylation sites is 4. The first-order valence-corrected chi connectivity index (χ1v) is 49.0. The fraction of sp³-hybridized carbons (Fsp3) is 0.0221. The Labute approximate surface area is 835 Å². The molecule has 6 aliphatic rings. The summed E-state index contributed by atoms with van der Waals surface area (Å²) < 4.78 is 20.3. The Morgan fingerprint density at radius 1 is 0.139 bits per heavy atom.